The Labute approximate surface area is 111 Å². The Morgan fingerprint density at radius 2 is 2.06 bits per heavy atom. The second kappa shape index (κ2) is 6.01. The Bertz CT molecular complexity index is 422. The molecule has 92 valence electrons. The Kier molecular flexibility index (Phi) is 4.94. The average Bonchev–Trinajstić information content (AvgIpc) is 2.30. The largest absolute Gasteiger partial charge is 0.469 e. The van der Waals surface area contributed by atoms with Crippen LogP contribution in [0.4, 0.5) is 0 Å². The van der Waals surface area contributed by atoms with Gasteiger partial charge in [-0.05, 0) is 31.9 Å². The van der Waals surface area contributed by atoms with E-state index in [4.69, 9.17) is 4.74 Å². The molecule has 0 bridgehead atoms. The number of ether oxygens (including phenoxy) is 1. The van der Waals surface area contributed by atoms with E-state index in [0.29, 0.717) is 6.42 Å². The fourth-order valence-electron chi connectivity index (χ4n) is 1.45. The van der Waals surface area contributed by atoms with Gasteiger partial charge in [0.15, 0.2) is 0 Å². The zero-order valence-electron chi connectivity index (χ0n) is 10.4. The van der Waals surface area contributed by atoms with Crippen LogP contribution in [0.1, 0.15) is 25.8 Å². The summed E-state index contributed by atoms with van der Waals surface area (Å²) >= 11 is 3.48. The maximum Gasteiger partial charge on any atom is 0.311 e. The van der Waals surface area contributed by atoms with Crippen molar-refractivity contribution in [2.45, 2.75) is 20.3 Å². The molecule has 0 amide bonds. The molecule has 17 heavy (non-hydrogen) atoms. The van der Waals surface area contributed by atoms with Crippen LogP contribution in [-0.2, 0) is 9.53 Å². The second-order valence-electron chi connectivity index (χ2n) is 4.50. The molecule has 0 unspecified atom stereocenters. The van der Waals surface area contributed by atoms with Crippen LogP contribution in [0.5, 0.6) is 0 Å². The van der Waals surface area contributed by atoms with E-state index in [1.807, 2.05) is 50.3 Å². The summed E-state index contributed by atoms with van der Waals surface area (Å²) in [5.41, 5.74) is 0.625. The number of carbonyl (C=O) groups excluding carboxylic acids is 1. The van der Waals surface area contributed by atoms with Crippen molar-refractivity contribution in [2.75, 3.05) is 7.11 Å². The van der Waals surface area contributed by atoms with Gasteiger partial charge in [-0.25, -0.2) is 0 Å². The molecule has 1 rings (SSSR count). The molecular formula is C14H17BrO2. The highest BCUT2D eigenvalue weighted by atomic mass is 79.9. The standard InChI is InChI=1S/C14H17BrO2/c1-14(2,13(16)17-3)10-6-8-11-7-4-5-9-12(11)15/h4-9H,10H2,1-3H3/b8-6+. The number of carbonyl (C=O) groups is 1. The lowest BCUT2D eigenvalue weighted by atomic mass is 9.89. The number of halogens is 1. The van der Waals surface area contributed by atoms with Gasteiger partial charge >= 0.3 is 5.97 Å². The zero-order valence-corrected chi connectivity index (χ0v) is 12.0. The van der Waals surface area contributed by atoms with Gasteiger partial charge in [-0.3, -0.25) is 4.79 Å². The highest BCUT2D eigenvalue weighted by Crippen LogP contribution is 2.24. The topological polar surface area (TPSA) is 26.3 Å². The van der Waals surface area contributed by atoms with E-state index in [0.717, 1.165) is 10.0 Å². The van der Waals surface area contributed by atoms with Gasteiger partial charge < -0.3 is 4.74 Å². The minimum absolute atomic E-state index is 0.186. The first kappa shape index (κ1) is 14.0. The second-order valence-corrected chi connectivity index (χ2v) is 5.36. The van der Waals surface area contributed by atoms with E-state index < -0.39 is 5.41 Å². The summed E-state index contributed by atoms with van der Waals surface area (Å²) in [6.45, 7) is 3.76. The molecule has 0 atom stereocenters. The predicted octanol–water partition coefficient (Wildman–Crippen LogP) is 4.05. The molecule has 3 heteroatoms. The van der Waals surface area contributed by atoms with Crippen molar-refractivity contribution in [3.63, 3.8) is 0 Å². The van der Waals surface area contributed by atoms with Crippen molar-refractivity contribution in [3.05, 3.63) is 40.4 Å². The zero-order chi connectivity index (χ0) is 12.9. The Hall–Kier alpha value is -1.09. The number of hydrogen-bond acceptors (Lipinski definition) is 2. The lowest BCUT2D eigenvalue weighted by molar-refractivity contribution is -0.150. The molecule has 0 saturated carbocycles. The van der Waals surface area contributed by atoms with Crippen molar-refractivity contribution in [1.82, 2.24) is 0 Å². The van der Waals surface area contributed by atoms with Crippen LogP contribution in [0.2, 0.25) is 0 Å². The van der Waals surface area contributed by atoms with Gasteiger partial charge in [0, 0.05) is 4.47 Å². The number of methoxy groups -OCH3 is 1. The highest BCUT2D eigenvalue weighted by Gasteiger charge is 2.26. The molecule has 0 saturated heterocycles. The van der Waals surface area contributed by atoms with Gasteiger partial charge in [0.1, 0.15) is 0 Å². The van der Waals surface area contributed by atoms with Crippen molar-refractivity contribution < 1.29 is 9.53 Å². The SMILES string of the molecule is COC(=O)C(C)(C)C/C=C/c1ccccc1Br. The van der Waals surface area contributed by atoms with Crippen LogP contribution in [-0.4, -0.2) is 13.1 Å². The average molecular weight is 297 g/mol. The Morgan fingerprint density at radius 1 is 1.41 bits per heavy atom. The third-order valence-corrected chi connectivity index (χ3v) is 3.29. The molecule has 0 heterocycles. The Morgan fingerprint density at radius 3 is 2.65 bits per heavy atom. The van der Waals surface area contributed by atoms with Gasteiger partial charge in [-0.2, -0.15) is 0 Å². The lowest BCUT2D eigenvalue weighted by Crippen LogP contribution is -2.24. The van der Waals surface area contributed by atoms with Crippen LogP contribution in [0, 0.1) is 5.41 Å². The summed E-state index contributed by atoms with van der Waals surface area (Å²) < 4.78 is 5.81. The van der Waals surface area contributed by atoms with E-state index in [9.17, 15) is 4.79 Å². The Balaban J connectivity index is 2.68. The molecule has 0 aliphatic carbocycles. The summed E-state index contributed by atoms with van der Waals surface area (Å²) in [5, 5.41) is 0. The summed E-state index contributed by atoms with van der Waals surface area (Å²) in [4.78, 5) is 11.5. The third-order valence-electron chi connectivity index (χ3n) is 2.57. The monoisotopic (exact) mass is 296 g/mol. The third kappa shape index (κ3) is 4.00. The maximum absolute atomic E-state index is 11.5. The fraction of sp³-hybridized carbons (Fsp3) is 0.357. The molecule has 0 spiro atoms. The van der Waals surface area contributed by atoms with E-state index >= 15 is 0 Å². The molecule has 0 N–H and O–H groups in total. The van der Waals surface area contributed by atoms with Gasteiger partial charge in [0.25, 0.3) is 0 Å². The first-order valence-corrected chi connectivity index (χ1v) is 6.26. The smallest absolute Gasteiger partial charge is 0.311 e. The molecule has 0 fully saturated rings. The van der Waals surface area contributed by atoms with E-state index in [2.05, 4.69) is 15.9 Å². The van der Waals surface area contributed by atoms with Crippen molar-refractivity contribution in [1.29, 1.82) is 0 Å². The molecule has 0 aliphatic heterocycles. The molecule has 1 aromatic carbocycles. The first-order chi connectivity index (χ1) is 7.97. The summed E-state index contributed by atoms with van der Waals surface area (Å²) in [6.07, 6.45) is 4.66. The predicted molar refractivity (Wildman–Crippen MR) is 73.6 cm³/mol. The maximum atomic E-state index is 11.5. The normalized spacial score (nSPS) is 11.8. The van der Waals surface area contributed by atoms with E-state index in [1.54, 1.807) is 0 Å². The number of rotatable bonds is 4. The number of benzene rings is 1. The number of allylic oxidation sites excluding steroid dienone is 1. The number of esters is 1. The van der Waals surface area contributed by atoms with Gasteiger partial charge in [-0.1, -0.05) is 46.3 Å². The molecule has 1 aromatic rings. The van der Waals surface area contributed by atoms with Gasteiger partial charge in [0.2, 0.25) is 0 Å². The minimum atomic E-state index is -0.480. The first-order valence-electron chi connectivity index (χ1n) is 5.47. The summed E-state index contributed by atoms with van der Waals surface area (Å²) in [7, 11) is 1.42. The molecular weight excluding hydrogens is 280 g/mol. The molecule has 0 radical (unpaired) electrons. The van der Waals surface area contributed by atoms with Gasteiger partial charge in [0.05, 0.1) is 12.5 Å². The van der Waals surface area contributed by atoms with Gasteiger partial charge in [-0.15, -0.1) is 0 Å². The van der Waals surface area contributed by atoms with Crippen molar-refractivity contribution in [3.8, 4) is 0 Å². The van der Waals surface area contributed by atoms with E-state index in [-0.39, 0.29) is 5.97 Å². The number of hydrogen-bond donors (Lipinski definition) is 0. The lowest BCUT2D eigenvalue weighted by Gasteiger charge is -2.18. The van der Waals surface area contributed by atoms with E-state index in [1.165, 1.54) is 7.11 Å². The molecule has 0 aliphatic rings. The highest BCUT2D eigenvalue weighted by molar-refractivity contribution is 9.10. The summed E-state index contributed by atoms with van der Waals surface area (Å²) in [6, 6.07) is 7.96. The van der Waals surface area contributed by atoms with Crippen LogP contribution in [0.3, 0.4) is 0 Å². The minimum Gasteiger partial charge on any atom is -0.469 e. The summed E-state index contributed by atoms with van der Waals surface area (Å²) in [5.74, 6) is -0.186. The van der Waals surface area contributed by atoms with Crippen molar-refractivity contribution in [2.24, 2.45) is 5.41 Å². The van der Waals surface area contributed by atoms with Crippen LogP contribution in [0.25, 0.3) is 6.08 Å². The quantitative estimate of drug-likeness (QED) is 0.784. The molecule has 2 nitrogen and oxygen atoms in total. The van der Waals surface area contributed by atoms with Crippen molar-refractivity contribution >= 4 is 28.0 Å². The molecule has 0 aromatic heterocycles. The van der Waals surface area contributed by atoms with Crippen LogP contribution < -0.4 is 0 Å². The fourth-order valence-corrected chi connectivity index (χ4v) is 1.87. The van der Waals surface area contributed by atoms with Crippen LogP contribution in [0.15, 0.2) is 34.8 Å². The van der Waals surface area contributed by atoms with Crippen LogP contribution >= 0.6 is 15.9 Å².